The molecule has 1 fully saturated rings. The Balaban J connectivity index is 1.40. The molecule has 2 heterocycles. The van der Waals surface area contributed by atoms with Crippen LogP contribution in [0.25, 0.3) is 0 Å². The van der Waals surface area contributed by atoms with Gasteiger partial charge in [-0.3, -0.25) is 9.59 Å². The minimum Gasteiger partial charge on any atom is -0.374 e. The molecule has 41 heavy (non-hydrogen) atoms. The highest BCUT2D eigenvalue weighted by Gasteiger charge is 2.62. The van der Waals surface area contributed by atoms with E-state index in [1.807, 2.05) is 0 Å². The summed E-state index contributed by atoms with van der Waals surface area (Å²) in [7, 11) is 0. The van der Waals surface area contributed by atoms with Gasteiger partial charge >= 0.3 is 12.4 Å². The number of alkyl halides is 6. The molecule has 2 atom stereocenters. The summed E-state index contributed by atoms with van der Waals surface area (Å²) in [5, 5.41) is 5.00. The van der Waals surface area contributed by atoms with E-state index in [0.717, 1.165) is 12.1 Å². The molecule has 0 saturated carbocycles. The first-order chi connectivity index (χ1) is 19.1. The van der Waals surface area contributed by atoms with Crippen LogP contribution in [-0.2, 0) is 28.1 Å². The largest absolute Gasteiger partial charge is 0.435 e. The van der Waals surface area contributed by atoms with E-state index in [2.05, 4.69) is 10.5 Å². The van der Waals surface area contributed by atoms with Crippen LogP contribution < -0.4 is 5.32 Å². The summed E-state index contributed by atoms with van der Waals surface area (Å²) in [4.78, 5) is 31.1. The summed E-state index contributed by atoms with van der Waals surface area (Å²) in [6, 6.07) is 3.24. The second-order valence-corrected chi connectivity index (χ2v) is 10.9. The number of carbonyl (C=O) groups excluding carboxylic acids is 2. The number of carbonyl (C=O) groups is 2. The Morgan fingerprint density at radius 3 is 2.39 bits per heavy atom. The van der Waals surface area contributed by atoms with Crippen molar-refractivity contribution in [2.24, 2.45) is 5.16 Å². The molecule has 3 aliphatic rings. The number of rotatable bonds is 5. The molecule has 0 bridgehead atoms. The van der Waals surface area contributed by atoms with E-state index in [4.69, 9.17) is 28.0 Å². The van der Waals surface area contributed by atoms with E-state index in [0.29, 0.717) is 40.9 Å². The van der Waals surface area contributed by atoms with Crippen molar-refractivity contribution in [2.45, 2.75) is 56.1 Å². The van der Waals surface area contributed by atoms with Crippen molar-refractivity contribution in [1.82, 2.24) is 10.2 Å². The number of likely N-dealkylation sites (tertiary alicyclic amines) is 1. The van der Waals surface area contributed by atoms with Gasteiger partial charge in [-0.15, -0.1) is 0 Å². The maximum Gasteiger partial charge on any atom is 0.435 e. The number of benzene rings is 2. The minimum atomic E-state index is -5.00. The molecule has 0 spiro atoms. The predicted octanol–water partition coefficient (Wildman–Crippen LogP) is 6.10. The molecule has 2 amide bonds. The van der Waals surface area contributed by atoms with Crippen molar-refractivity contribution < 1.29 is 45.2 Å². The van der Waals surface area contributed by atoms with Gasteiger partial charge in [-0.05, 0) is 55.0 Å². The highest BCUT2D eigenvalue weighted by Crippen LogP contribution is 2.50. The number of nitrogens with one attached hydrogen (secondary N) is 1. The van der Waals surface area contributed by atoms with Crippen LogP contribution in [0.4, 0.5) is 30.7 Å². The number of hydrogen-bond donors (Lipinski definition) is 1. The predicted molar refractivity (Wildman–Crippen MR) is 133 cm³/mol. The van der Waals surface area contributed by atoms with Crippen LogP contribution in [0.3, 0.4) is 0 Å². The summed E-state index contributed by atoms with van der Waals surface area (Å²) >= 11 is 11.5. The van der Waals surface area contributed by atoms with Crippen molar-refractivity contribution >= 4 is 40.7 Å². The van der Waals surface area contributed by atoms with Crippen molar-refractivity contribution in [1.29, 1.82) is 0 Å². The van der Waals surface area contributed by atoms with E-state index in [1.165, 1.54) is 12.1 Å². The Kier molecular flexibility index (Phi) is 7.42. The second-order valence-electron chi connectivity index (χ2n) is 10.0. The van der Waals surface area contributed by atoms with Crippen LogP contribution in [0.2, 0.25) is 10.0 Å². The van der Waals surface area contributed by atoms with Gasteiger partial charge in [-0.1, -0.05) is 34.4 Å². The van der Waals surface area contributed by atoms with Gasteiger partial charge in [-0.25, -0.2) is 4.39 Å². The quantitative estimate of drug-likeness (QED) is 0.323. The zero-order valence-corrected chi connectivity index (χ0v) is 22.4. The molecule has 2 aliphatic heterocycles. The van der Waals surface area contributed by atoms with Crippen LogP contribution >= 0.6 is 23.2 Å². The van der Waals surface area contributed by atoms with E-state index in [-0.39, 0.29) is 24.2 Å². The first-order valence-electron chi connectivity index (χ1n) is 12.4. The van der Waals surface area contributed by atoms with Crippen LogP contribution in [-0.4, -0.2) is 53.9 Å². The Hall–Kier alpha value is -3.06. The molecule has 220 valence electrons. The third kappa shape index (κ3) is 5.33. The van der Waals surface area contributed by atoms with E-state index < -0.39 is 70.2 Å². The lowest BCUT2D eigenvalue weighted by Crippen LogP contribution is -2.44. The minimum absolute atomic E-state index is 0.00597. The van der Waals surface area contributed by atoms with Crippen LogP contribution in [0.15, 0.2) is 29.4 Å². The Morgan fingerprint density at radius 2 is 1.76 bits per heavy atom. The lowest BCUT2D eigenvalue weighted by molar-refractivity contribution is -0.275. The topological polar surface area (TPSA) is 71.0 Å². The van der Waals surface area contributed by atoms with E-state index >= 15 is 0 Å². The number of amides is 2. The number of fused-ring (bicyclic) bond motifs is 1. The third-order valence-corrected chi connectivity index (χ3v) is 8.00. The smallest absolute Gasteiger partial charge is 0.374 e. The molecule has 2 aromatic rings. The average Bonchev–Trinajstić information content (AvgIpc) is 3.61. The summed E-state index contributed by atoms with van der Waals surface area (Å²) in [5.41, 5.74) is -1.97. The highest BCUT2D eigenvalue weighted by molar-refractivity contribution is 6.35. The maximum absolute atomic E-state index is 14.4. The molecule has 0 aromatic heterocycles. The summed E-state index contributed by atoms with van der Waals surface area (Å²) in [5.74, 6) is -2.59. The number of halogens is 9. The van der Waals surface area contributed by atoms with Crippen LogP contribution in [0.1, 0.15) is 51.9 Å². The monoisotopic (exact) mass is 625 g/mol. The molecule has 2 aromatic carbocycles. The van der Waals surface area contributed by atoms with E-state index in [1.54, 1.807) is 0 Å². The number of nitrogens with zero attached hydrogens (tertiary/aromatic N) is 2. The third-order valence-electron chi connectivity index (χ3n) is 7.45. The fourth-order valence-corrected chi connectivity index (χ4v) is 6.00. The molecule has 15 heteroatoms. The zero-order chi connectivity index (χ0) is 29.9. The zero-order valence-electron chi connectivity index (χ0n) is 20.9. The normalized spacial score (nSPS) is 22.6. The first-order valence-corrected chi connectivity index (χ1v) is 13.2. The fourth-order valence-electron chi connectivity index (χ4n) is 5.51. The molecule has 1 saturated heterocycles. The van der Waals surface area contributed by atoms with Gasteiger partial charge < -0.3 is 15.1 Å². The fraction of sp³-hybridized carbons (Fsp3) is 0.423. The summed E-state index contributed by atoms with van der Waals surface area (Å²) < 4.78 is 95.4. The number of oxime groups is 1. The van der Waals surface area contributed by atoms with Crippen LogP contribution in [0.5, 0.6) is 0 Å². The second kappa shape index (κ2) is 10.3. The van der Waals surface area contributed by atoms with Crippen LogP contribution in [0, 0.1) is 5.82 Å². The van der Waals surface area contributed by atoms with Gasteiger partial charge in [0.05, 0.1) is 15.8 Å². The Bertz CT molecular complexity index is 1440. The summed E-state index contributed by atoms with van der Waals surface area (Å²) in [6.07, 6.45) is -8.94. The molecule has 1 N–H and O–H groups in total. The maximum atomic E-state index is 14.4. The van der Waals surface area contributed by atoms with Crippen molar-refractivity contribution in [3.8, 4) is 0 Å². The molecule has 1 unspecified atom stereocenters. The standard InChI is InChI=1S/C26H20Cl2F7N3O3/c27-17-8-12(9-18(28)21(17)29)24(26(33,34)35)10-20(37-41-24)15-4-5-16(14-3-1-2-13(14)15)22(39)36-19-6-7-38(23(19)40)11-25(30,31)32/h4-5,8-9,19H,1-3,6-7,10-11H2,(H,36,39)/t19?,24-/m1/s1. The van der Waals surface area contributed by atoms with Gasteiger partial charge in [0.2, 0.25) is 5.91 Å². The van der Waals surface area contributed by atoms with Crippen molar-refractivity contribution in [3.63, 3.8) is 0 Å². The lowest BCUT2D eigenvalue weighted by atomic mass is 9.84. The summed E-state index contributed by atoms with van der Waals surface area (Å²) in [6.45, 7) is -1.58. The lowest BCUT2D eigenvalue weighted by Gasteiger charge is -2.30. The van der Waals surface area contributed by atoms with Gasteiger partial charge in [0.25, 0.3) is 11.5 Å². The Labute approximate surface area is 238 Å². The van der Waals surface area contributed by atoms with Gasteiger partial charge in [0.1, 0.15) is 12.6 Å². The van der Waals surface area contributed by atoms with Crippen molar-refractivity contribution in [3.05, 3.63) is 67.9 Å². The molecule has 1 aliphatic carbocycles. The van der Waals surface area contributed by atoms with Gasteiger partial charge in [0, 0.05) is 29.7 Å². The van der Waals surface area contributed by atoms with Gasteiger partial charge in [0.15, 0.2) is 5.82 Å². The van der Waals surface area contributed by atoms with E-state index in [9.17, 15) is 40.3 Å². The Morgan fingerprint density at radius 1 is 1.10 bits per heavy atom. The average molecular weight is 626 g/mol. The van der Waals surface area contributed by atoms with Gasteiger partial charge in [-0.2, -0.15) is 26.3 Å². The van der Waals surface area contributed by atoms with Crippen molar-refractivity contribution in [2.75, 3.05) is 13.1 Å². The molecule has 0 radical (unpaired) electrons. The number of hydrogen-bond acceptors (Lipinski definition) is 4. The molecular weight excluding hydrogens is 606 g/mol. The highest BCUT2D eigenvalue weighted by atomic mass is 35.5. The molecular formula is C26H20Cl2F7N3O3. The molecule has 5 rings (SSSR count). The first kappa shape index (κ1) is 29.4. The molecule has 6 nitrogen and oxygen atoms in total. The SMILES string of the molecule is O=C(NC1CCN(CC(F)(F)F)C1=O)c1ccc(C2=NO[C@](c3cc(Cl)c(F)c(Cl)c3)(C(F)(F)F)C2)c2c1CCC2.